The third kappa shape index (κ3) is 2.66. The van der Waals surface area contributed by atoms with Crippen LogP contribution < -0.4 is 0 Å². The second-order valence-electron chi connectivity index (χ2n) is 2.99. The Morgan fingerprint density at radius 2 is 2.19 bits per heavy atom. The maximum absolute atomic E-state index is 12.7. The predicted molar refractivity (Wildman–Crippen MR) is 54.8 cm³/mol. The van der Waals surface area contributed by atoms with Gasteiger partial charge in [0.1, 0.15) is 5.75 Å². The van der Waals surface area contributed by atoms with Crippen molar-refractivity contribution >= 4 is 21.9 Å². The van der Waals surface area contributed by atoms with Gasteiger partial charge in [-0.25, -0.2) is 8.78 Å². The van der Waals surface area contributed by atoms with Crippen molar-refractivity contribution in [1.29, 1.82) is 0 Å². The van der Waals surface area contributed by atoms with Gasteiger partial charge in [0, 0.05) is 5.33 Å². The minimum Gasteiger partial charge on any atom is -0.506 e. The van der Waals surface area contributed by atoms with Crippen LogP contribution in [-0.2, 0) is 16.5 Å². The zero-order chi connectivity index (χ0) is 12.3. The van der Waals surface area contributed by atoms with Crippen LogP contribution in [0.25, 0.3) is 0 Å². The summed E-state index contributed by atoms with van der Waals surface area (Å²) in [6.07, 6.45) is -2.64. The molecule has 0 fully saturated rings. The number of carbonyl (C=O) groups is 1. The highest BCUT2D eigenvalue weighted by Gasteiger charge is 2.23. The quantitative estimate of drug-likeness (QED) is 0.836. The van der Waals surface area contributed by atoms with Gasteiger partial charge in [0.15, 0.2) is 0 Å². The first-order valence-corrected chi connectivity index (χ1v) is 5.35. The van der Waals surface area contributed by atoms with Gasteiger partial charge in [0.2, 0.25) is 0 Å². The molecule has 0 spiro atoms. The van der Waals surface area contributed by atoms with Gasteiger partial charge < -0.3 is 10.2 Å². The molecular weight excluding hydrogens is 288 g/mol. The van der Waals surface area contributed by atoms with Crippen molar-refractivity contribution in [2.24, 2.45) is 0 Å². The number of alkyl halides is 3. The van der Waals surface area contributed by atoms with Crippen LogP contribution in [0.5, 0.6) is 5.75 Å². The molecule has 0 radical (unpaired) electrons. The van der Waals surface area contributed by atoms with Crippen LogP contribution >= 0.6 is 15.9 Å². The molecule has 88 valence electrons. The van der Waals surface area contributed by atoms with E-state index in [1.165, 1.54) is 0 Å². The first-order chi connectivity index (χ1) is 7.47. The van der Waals surface area contributed by atoms with E-state index in [1.807, 2.05) is 0 Å². The van der Waals surface area contributed by atoms with E-state index in [-0.39, 0.29) is 16.6 Å². The number of hydrogen-bond donors (Lipinski definition) is 2. The lowest BCUT2D eigenvalue weighted by molar-refractivity contribution is -0.136. The summed E-state index contributed by atoms with van der Waals surface area (Å²) in [6.45, 7) is 0. The molecule has 0 aliphatic rings. The number of aromatic nitrogens is 1. The molecule has 0 aromatic carbocycles. The zero-order valence-electron chi connectivity index (χ0n) is 7.95. The Hall–Kier alpha value is -1.24. The summed E-state index contributed by atoms with van der Waals surface area (Å²) in [5.74, 6) is -1.94. The van der Waals surface area contributed by atoms with Crippen LogP contribution in [0.3, 0.4) is 0 Å². The minimum atomic E-state index is -2.94. The summed E-state index contributed by atoms with van der Waals surface area (Å²) < 4.78 is 25.3. The molecule has 0 amide bonds. The van der Waals surface area contributed by atoms with E-state index >= 15 is 0 Å². The van der Waals surface area contributed by atoms with Crippen LogP contribution in [0.15, 0.2) is 6.20 Å². The lowest BCUT2D eigenvalue weighted by atomic mass is 10.0. The van der Waals surface area contributed by atoms with Crippen LogP contribution in [-0.4, -0.2) is 21.2 Å². The fourth-order valence-electron chi connectivity index (χ4n) is 1.30. The molecule has 4 nitrogen and oxygen atoms in total. The van der Waals surface area contributed by atoms with Crippen LogP contribution in [0.2, 0.25) is 0 Å². The van der Waals surface area contributed by atoms with Crippen molar-refractivity contribution in [2.45, 2.75) is 18.2 Å². The van der Waals surface area contributed by atoms with Crippen LogP contribution in [0.4, 0.5) is 8.78 Å². The number of pyridine rings is 1. The highest BCUT2D eigenvalue weighted by atomic mass is 79.9. The number of aromatic hydroxyl groups is 1. The smallest absolute Gasteiger partial charge is 0.307 e. The fourth-order valence-corrected chi connectivity index (χ4v) is 1.79. The third-order valence-electron chi connectivity index (χ3n) is 1.96. The zero-order valence-corrected chi connectivity index (χ0v) is 9.54. The molecule has 0 aliphatic heterocycles. The Labute approximate surface area is 98.1 Å². The summed E-state index contributed by atoms with van der Waals surface area (Å²) in [4.78, 5) is 14.3. The molecule has 2 N–H and O–H groups in total. The van der Waals surface area contributed by atoms with Crippen molar-refractivity contribution in [3.05, 3.63) is 23.0 Å². The molecule has 1 aromatic rings. The number of nitrogens with zero attached hydrogens (tertiary/aromatic N) is 1. The molecule has 0 saturated heterocycles. The lowest BCUT2D eigenvalue weighted by Crippen LogP contribution is -2.09. The van der Waals surface area contributed by atoms with Crippen molar-refractivity contribution < 1.29 is 23.8 Å². The maximum Gasteiger partial charge on any atom is 0.307 e. The number of hydrogen-bond acceptors (Lipinski definition) is 3. The second kappa shape index (κ2) is 5.20. The van der Waals surface area contributed by atoms with E-state index in [2.05, 4.69) is 20.9 Å². The maximum atomic E-state index is 12.7. The molecule has 1 rings (SSSR count). The van der Waals surface area contributed by atoms with Gasteiger partial charge in [-0.15, -0.1) is 0 Å². The number of halogens is 3. The van der Waals surface area contributed by atoms with E-state index in [0.29, 0.717) is 0 Å². The SMILES string of the molecule is O=C(O)Cc1c(CBr)ncc(O)c1C(F)F. The van der Waals surface area contributed by atoms with Crippen molar-refractivity contribution in [3.63, 3.8) is 0 Å². The molecule has 0 unspecified atom stereocenters. The molecule has 0 bridgehead atoms. The Morgan fingerprint density at radius 3 is 2.62 bits per heavy atom. The molecule has 16 heavy (non-hydrogen) atoms. The van der Waals surface area contributed by atoms with Gasteiger partial charge in [-0.2, -0.15) is 0 Å². The largest absolute Gasteiger partial charge is 0.506 e. The summed E-state index contributed by atoms with van der Waals surface area (Å²) in [5.41, 5.74) is -0.610. The van der Waals surface area contributed by atoms with Gasteiger partial charge in [-0.1, -0.05) is 15.9 Å². The third-order valence-corrected chi connectivity index (χ3v) is 2.50. The van der Waals surface area contributed by atoms with Gasteiger partial charge in [0.25, 0.3) is 6.43 Å². The highest BCUT2D eigenvalue weighted by molar-refractivity contribution is 9.08. The first kappa shape index (κ1) is 12.8. The molecule has 0 aliphatic carbocycles. The Bertz CT molecular complexity index is 412. The van der Waals surface area contributed by atoms with E-state index in [4.69, 9.17) is 5.11 Å². The van der Waals surface area contributed by atoms with E-state index in [9.17, 15) is 18.7 Å². The molecular formula is C9H8BrF2NO3. The monoisotopic (exact) mass is 295 g/mol. The average molecular weight is 296 g/mol. The first-order valence-electron chi connectivity index (χ1n) is 4.22. The predicted octanol–water partition coefficient (Wildman–Crippen LogP) is 2.25. The molecule has 7 heteroatoms. The van der Waals surface area contributed by atoms with Crippen molar-refractivity contribution in [2.75, 3.05) is 0 Å². The van der Waals surface area contributed by atoms with Crippen molar-refractivity contribution in [1.82, 2.24) is 4.98 Å². The summed E-state index contributed by atoms with van der Waals surface area (Å²) >= 11 is 3.02. The molecule has 0 atom stereocenters. The van der Waals surface area contributed by atoms with Gasteiger partial charge in [-0.3, -0.25) is 9.78 Å². The summed E-state index contributed by atoms with van der Waals surface area (Å²) in [5, 5.41) is 18.0. The summed E-state index contributed by atoms with van der Waals surface area (Å²) in [6, 6.07) is 0. The van der Waals surface area contributed by atoms with Gasteiger partial charge >= 0.3 is 5.97 Å². The summed E-state index contributed by atoms with van der Waals surface area (Å²) in [7, 11) is 0. The van der Waals surface area contributed by atoms with Gasteiger partial charge in [0.05, 0.1) is 23.9 Å². The van der Waals surface area contributed by atoms with Gasteiger partial charge in [-0.05, 0) is 5.56 Å². The topological polar surface area (TPSA) is 70.4 Å². The number of aliphatic carboxylic acids is 1. The Morgan fingerprint density at radius 1 is 1.56 bits per heavy atom. The Kier molecular flexibility index (Phi) is 4.17. The molecule has 0 saturated carbocycles. The standard InChI is InChI=1S/C9H8BrF2NO3/c10-2-5-4(1-7(15)16)8(9(11)12)6(14)3-13-5/h3,9,14H,1-2H2,(H,15,16). The second-order valence-corrected chi connectivity index (χ2v) is 3.55. The number of carboxylic acids is 1. The fraction of sp³-hybridized carbons (Fsp3) is 0.333. The van der Waals surface area contributed by atoms with Crippen molar-refractivity contribution in [3.8, 4) is 5.75 Å². The van der Waals surface area contributed by atoms with E-state index in [0.717, 1.165) is 6.20 Å². The molecule has 1 aromatic heterocycles. The minimum absolute atomic E-state index is 0.139. The number of carboxylic acid groups (broad SMARTS) is 1. The average Bonchev–Trinajstić information content (AvgIpc) is 2.16. The Balaban J connectivity index is 3.36. The number of rotatable bonds is 4. The van der Waals surface area contributed by atoms with Crippen LogP contribution in [0.1, 0.15) is 23.2 Å². The normalized spacial score (nSPS) is 10.8. The molecule has 1 heterocycles. The van der Waals surface area contributed by atoms with Crippen LogP contribution in [0, 0.1) is 0 Å². The highest BCUT2D eigenvalue weighted by Crippen LogP contribution is 2.33. The van der Waals surface area contributed by atoms with E-state index < -0.39 is 30.1 Å². The van der Waals surface area contributed by atoms with E-state index in [1.54, 1.807) is 0 Å². The lowest BCUT2D eigenvalue weighted by Gasteiger charge is -2.12.